The molecular formula is C23H25F6N5O2S. The molecule has 0 spiro atoms. The number of aromatic amines is 1. The number of anilines is 1. The van der Waals surface area contributed by atoms with Crippen molar-refractivity contribution in [3.05, 3.63) is 47.2 Å². The highest BCUT2D eigenvalue weighted by molar-refractivity contribution is 8.45. The summed E-state index contributed by atoms with van der Waals surface area (Å²) >= 11 is 0. The van der Waals surface area contributed by atoms with E-state index < -0.39 is 32.5 Å². The molecule has 0 aliphatic carbocycles. The topological polar surface area (TPSA) is 97.1 Å². The van der Waals surface area contributed by atoms with Gasteiger partial charge >= 0.3 is 10.2 Å². The molecule has 4 heterocycles. The Morgan fingerprint density at radius 2 is 1.84 bits per heavy atom. The zero-order chi connectivity index (χ0) is 26.7. The van der Waals surface area contributed by atoms with Crippen molar-refractivity contribution in [2.24, 2.45) is 0 Å². The summed E-state index contributed by atoms with van der Waals surface area (Å²) in [6.07, 6.45) is 4.38. The molecule has 2 aliphatic rings. The number of likely N-dealkylation sites (tertiary alicyclic amines) is 1. The van der Waals surface area contributed by atoms with Gasteiger partial charge in [-0.1, -0.05) is 19.4 Å². The van der Waals surface area contributed by atoms with E-state index in [1.165, 1.54) is 4.90 Å². The fourth-order valence-corrected chi connectivity index (χ4v) is 5.67. The van der Waals surface area contributed by atoms with Crippen molar-refractivity contribution in [1.29, 1.82) is 0 Å². The van der Waals surface area contributed by atoms with Crippen LogP contribution in [-0.4, -0.2) is 45.5 Å². The summed E-state index contributed by atoms with van der Waals surface area (Å²) < 4.78 is 86.1. The van der Waals surface area contributed by atoms with Crippen molar-refractivity contribution in [3.63, 3.8) is 0 Å². The number of ether oxygens (including phenoxy) is 1. The molecule has 1 atom stereocenters. The van der Waals surface area contributed by atoms with Gasteiger partial charge in [0.2, 0.25) is 0 Å². The van der Waals surface area contributed by atoms with Crippen LogP contribution in [0, 0.1) is 5.82 Å². The molecule has 3 N–H and O–H groups in total. The lowest BCUT2D eigenvalue weighted by molar-refractivity contribution is 0.0101. The van der Waals surface area contributed by atoms with Crippen molar-refractivity contribution in [2.45, 2.75) is 49.0 Å². The third-order valence-electron chi connectivity index (χ3n) is 6.90. The standard InChI is InChI=1S/C23H25F6N5O2S/c24-16-12-31-22-20(32-21(33-22)18-3-1-2-10-36-18)19(16)13-6-8-34(9-7-13)23(35)15-5-4-14(11-17(15)30)37(25,26,27,28)29/h4-5,11-13,18H,1-3,6-10,30H2,(H,31,32,33). The Morgan fingerprint density at radius 1 is 1.11 bits per heavy atom. The number of halogens is 6. The monoisotopic (exact) mass is 549 g/mol. The lowest BCUT2D eigenvalue weighted by Crippen LogP contribution is -2.38. The Labute approximate surface area is 208 Å². The molecule has 0 saturated carbocycles. The van der Waals surface area contributed by atoms with E-state index in [1.807, 2.05) is 0 Å². The molecule has 2 fully saturated rings. The van der Waals surface area contributed by atoms with Crippen molar-refractivity contribution >= 4 is 33.0 Å². The van der Waals surface area contributed by atoms with E-state index in [4.69, 9.17) is 10.5 Å². The summed E-state index contributed by atoms with van der Waals surface area (Å²) in [5.74, 6) is -0.869. The predicted octanol–water partition coefficient (Wildman–Crippen LogP) is 6.60. The summed E-state index contributed by atoms with van der Waals surface area (Å²) in [5.41, 5.74) is 5.84. The van der Waals surface area contributed by atoms with Gasteiger partial charge in [-0.05, 0) is 56.2 Å². The van der Waals surface area contributed by atoms with Crippen molar-refractivity contribution in [3.8, 4) is 0 Å². The average molecular weight is 550 g/mol. The molecule has 3 aromatic rings. The Kier molecular flexibility index (Phi) is 5.72. The molecule has 7 nitrogen and oxygen atoms in total. The van der Waals surface area contributed by atoms with Crippen LogP contribution in [0.1, 0.15) is 65.9 Å². The van der Waals surface area contributed by atoms with Gasteiger partial charge in [0, 0.05) is 30.9 Å². The highest BCUT2D eigenvalue weighted by Gasteiger charge is 2.65. The smallest absolute Gasteiger partial charge is 0.310 e. The highest BCUT2D eigenvalue weighted by atomic mass is 32.5. The SMILES string of the molecule is Nc1cc(S(F)(F)(F)(F)F)ccc1C(=O)N1CCC(c2c(F)cnc3nc(C4CCCCO4)[nH]c23)CC1. The van der Waals surface area contributed by atoms with Gasteiger partial charge in [-0.25, -0.2) is 14.4 Å². The third-order valence-corrected chi connectivity index (χ3v) is 8.05. The second-order valence-corrected chi connectivity index (χ2v) is 11.9. The number of nitrogens with zero attached hydrogens (tertiary/aromatic N) is 3. The van der Waals surface area contributed by atoms with E-state index in [2.05, 4.69) is 15.0 Å². The number of nitrogens with one attached hydrogen (secondary N) is 1. The molecule has 5 rings (SSSR count). The largest absolute Gasteiger partial charge is 0.398 e. The predicted molar refractivity (Wildman–Crippen MR) is 127 cm³/mol. The van der Waals surface area contributed by atoms with E-state index >= 15 is 0 Å². The van der Waals surface area contributed by atoms with Gasteiger partial charge in [-0.15, -0.1) is 0 Å². The Hall–Kier alpha value is -3.00. The minimum Gasteiger partial charge on any atom is -0.398 e. The molecule has 2 saturated heterocycles. The zero-order valence-electron chi connectivity index (χ0n) is 19.5. The number of benzene rings is 1. The van der Waals surface area contributed by atoms with Gasteiger partial charge in [-0.2, -0.15) is 0 Å². The molecule has 1 unspecified atom stereocenters. The zero-order valence-corrected chi connectivity index (χ0v) is 20.3. The first-order chi connectivity index (χ1) is 17.2. The van der Waals surface area contributed by atoms with Crippen LogP contribution < -0.4 is 5.73 Å². The van der Waals surface area contributed by atoms with Crippen molar-refractivity contribution < 1.29 is 33.4 Å². The van der Waals surface area contributed by atoms with E-state index in [0.717, 1.165) is 25.5 Å². The minimum absolute atomic E-state index is 0.0937. The van der Waals surface area contributed by atoms with E-state index in [1.54, 1.807) is 0 Å². The number of aromatic nitrogens is 3. The van der Waals surface area contributed by atoms with Gasteiger partial charge in [0.1, 0.15) is 22.6 Å². The number of carbonyl (C=O) groups is 1. The number of imidazole rings is 1. The molecule has 37 heavy (non-hydrogen) atoms. The quantitative estimate of drug-likeness (QED) is 0.282. The molecule has 2 aromatic heterocycles. The van der Waals surface area contributed by atoms with E-state index in [0.29, 0.717) is 48.1 Å². The van der Waals surface area contributed by atoms with Crippen LogP contribution in [0.4, 0.5) is 29.5 Å². The van der Waals surface area contributed by atoms with Crippen LogP contribution >= 0.6 is 10.2 Å². The summed E-state index contributed by atoms with van der Waals surface area (Å²) in [7, 11) is -9.92. The molecule has 202 valence electrons. The van der Waals surface area contributed by atoms with Crippen LogP contribution in [0.25, 0.3) is 11.2 Å². The van der Waals surface area contributed by atoms with Crippen LogP contribution in [0.15, 0.2) is 29.3 Å². The second-order valence-electron chi connectivity index (χ2n) is 9.48. The maximum Gasteiger partial charge on any atom is 0.310 e. The summed E-state index contributed by atoms with van der Waals surface area (Å²) in [4.78, 5) is 23.9. The number of fused-ring (bicyclic) bond motifs is 1. The van der Waals surface area contributed by atoms with Gasteiger partial charge in [0.05, 0.1) is 17.3 Å². The molecule has 1 aromatic carbocycles. The minimum atomic E-state index is -9.92. The van der Waals surface area contributed by atoms with Gasteiger partial charge in [0.15, 0.2) is 5.65 Å². The molecular weight excluding hydrogens is 524 g/mol. The van der Waals surface area contributed by atoms with Crippen LogP contribution in [0.2, 0.25) is 0 Å². The number of H-pyrrole nitrogens is 1. The van der Waals surface area contributed by atoms with Crippen LogP contribution in [0.5, 0.6) is 0 Å². The summed E-state index contributed by atoms with van der Waals surface area (Å²) in [6.45, 7) is 0.959. The number of hydrogen-bond acceptors (Lipinski definition) is 5. The third kappa shape index (κ3) is 5.08. The normalized spacial score (nSPS) is 21.6. The Morgan fingerprint density at radius 3 is 2.46 bits per heavy atom. The lowest BCUT2D eigenvalue weighted by atomic mass is 9.88. The van der Waals surface area contributed by atoms with Crippen molar-refractivity contribution in [2.75, 3.05) is 25.4 Å². The number of rotatable bonds is 4. The maximum atomic E-state index is 14.9. The van der Waals surface area contributed by atoms with Gasteiger partial charge in [0.25, 0.3) is 5.91 Å². The molecule has 0 bridgehead atoms. The average Bonchev–Trinajstić information content (AvgIpc) is 3.27. The number of nitrogen functional groups attached to an aromatic ring is 1. The summed E-state index contributed by atoms with van der Waals surface area (Å²) in [6, 6.07) is 0.936. The fraction of sp³-hybridized carbons (Fsp3) is 0.435. The first kappa shape index (κ1) is 25.6. The van der Waals surface area contributed by atoms with Crippen LogP contribution in [0.3, 0.4) is 0 Å². The van der Waals surface area contributed by atoms with E-state index in [-0.39, 0.29) is 42.8 Å². The molecule has 0 radical (unpaired) electrons. The van der Waals surface area contributed by atoms with Crippen LogP contribution in [-0.2, 0) is 4.74 Å². The Bertz CT molecular complexity index is 1370. The first-order valence-corrected chi connectivity index (χ1v) is 13.7. The number of piperidine rings is 1. The second kappa shape index (κ2) is 8.25. The van der Waals surface area contributed by atoms with Gasteiger partial charge in [-0.3, -0.25) is 4.79 Å². The lowest BCUT2D eigenvalue weighted by Gasteiger charge is -2.40. The molecule has 1 amide bonds. The fourth-order valence-electron chi connectivity index (χ4n) is 5.00. The van der Waals surface area contributed by atoms with E-state index in [9.17, 15) is 28.6 Å². The number of pyridine rings is 1. The first-order valence-electron chi connectivity index (χ1n) is 11.8. The number of hydrogen-bond donors (Lipinski definition) is 2. The molecule has 14 heteroatoms. The Balaban J connectivity index is 1.33. The summed E-state index contributed by atoms with van der Waals surface area (Å²) in [5, 5.41) is 0. The number of nitrogens with two attached hydrogens (primary N) is 1. The molecule has 2 aliphatic heterocycles. The number of amides is 1. The van der Waals surface area contributed by atoms with Crippen molar-refractivity contribution in [1.82, 2.24) is 19.9 Å². The van der Waals surface area contributed by atoms with Gasteiger partial charge < -0.3 is 20.4 Å². The number of carbonyl (C=O) groups excluding carboxylic acids is 1. The maximum absolute atomic E-state index is 14.9. The highest BCUT2D eigenvalue weighted by Crippen LogP contribution is 3.02.